The third-order valence-corrected chi connectivity index (χ3v) is 5.04. The maximum absolute atomic E-state index is 9.33. The summed E-state index contributed by atoms with van der Waals surface area (Å²) in [6.07, 6.45) is 3.27. The molecule has 22 heavy (non-hydrogen) atoms. The van der Waals surface area contributed by atoms with E-state index in [2.05, 4.69) is 47.5 Å². The van der Waals surface area contributed by atoms with Crippen LogP contribution in [-0.2, 0) is 4.74 Å². The normalized spacial score (nSPS) is 21.7. The molecule has 1 aliphatic carbocycles. The molecule has 4 nitrogen and oxygen atoms in total. The molecule has 3 rings (SSSR count). The number of anilines is 1. The molecule has 0 radical (unpaired) electrons. The summed E-state index contributed by atoms with van der Waals surface area (Å²) in [7, 11) is 0. The highest BCUT2D eigenvalue weighted by atomic mass is 16.5. The highest BCUT2D eigenvalue weighted by Gasteiger charge is 2.37. The number of nitrogens with zero attached hydrogens (tertiary/aromatic N) is 2. The van der Waals surface area contributed by atoms with Crippen LogP contribution in [0.4, 0.5) is 5.69 Å². The molecule has 1 aromatic rings. The molecule has 1 heterocycles. The first kappa shape index (κ1) is 15.3. The van der Waals surface area contributed by atoms with Crippen LogP contribution in [-0.4, -0.2) is 32.8 Å². The molecule has 118 valence electrons. The Morgan fingerprint density at radius 2 is 2.14 bits per heavy atom. The van der Waals surface area contributed by atoms with Gasteiger partial charge in [0.2, 0.25) is 0 Å². The second kappa shape index (κ2) is 6.68. The van der Waals surface area contributed by atoms with Crippen LogP contribution in [0.5, 0.6) is 0 Å². The van der Waals surface area contributed by atoms with Gasteiger partial charge >= 0.3 is 0 Å². The minimum Gasteiger partial charge on any atom is -0.378 e. The van der Waals surface area contributed by atoms with Crippen molar-refractivity contribution < 1.29 is 4.74 Å². The van der Waals surface area contributed by atoms with E-state index in [1.807, 2.05) is 0 Å². The zero-order valence-corrected chi connectivity index (χ0v) is 13.3. The Kier molecular flexibility index (Phi) is 4.66. The number of morpholine rings is 1. The first-order valence-corrected chi connectivity index (χ1v) is 8.30. The van der Waals surface area contributed by atoms with Gasteiger partial charge in [0, 0.05) is 31.4 Å². The molecule has 4 heteroatoms. The molecule has 0 aromatic heterocycles. The van der Waals surface area contributed by atoms with Crippen molar-refractivity contribution in [3.05, 3.63) is 29.8 Å². The fourth-order valence-electron chi connectivity index (χ4n) is 3.21. The van der Waals surface area contributed by atoms with E-state index in [0.29, 0.717) is 0 Å². The number of nitrogens with one attached hydrogen (secondary N) is 1. The van der Waals surface area contributed by atoms with Crippen LogP contribution in [0.3, 0.4) is 0 Å². The van der Waals surface area contributed by atoms with Gasteiger partial charge in [-0.25, -0.2) is 0 Å². The van der Waals surface area contributed by atoms with Gasteiger partial charge in [0.25, 0.3) is 0 Å². The average Bonchev–Trinajstić information content (AvgIpc) is 2.55. The van der Waals surface area contributed by atoms with Gasteiger partial charge in [-0.05, 0) is 37.5 Å². The zero-order chi connectivity index (χ0) is 15.4. The zero-order valence-electron chi connectivity index (χ0n) is 13.3. The third-order valence-electron chi connectivity index (χ3n) is 5.04. The standard InChI is InChI=1S/C18H25N3O/c1-15(20-14-18(13-19)6-3-7-18)16-4-2-5-17(12-16)21-8-10-22-11-9-21/h2,4-5,12,15,20H,3,6-11,14H2,1H3/t15-/m1/s1. The summed E-state index contributed by atoms with van der Waals surface area (Å²) in [6.45, 7) is 6.52. The quantitative estimate of drug-likeness (QED) is 0.908. The molecule has 0 amide bonds. The Balaban J connectivity index is 1.62. The summed E-state index contributed by atoms with van der Waals surface area (Å²) < 4.78 is 5.42. The summed E-state index contributed by atoms with van der Waals surface area (Å²) in [6, 6.07) is 11.5. The van der Waals surface area contributed by atoms with Crippen molar-refractivity contribution in [3.63, 3.8) is 0 Å². The van der Waals surface area contributed by atoms with Gasteiger partial charge in [-0.2, -0.15) is 5.26 Å². The van der Waals surface area contributed by atoms with E-state index in [1.165, 1.54) is 17.7 Å². The smallest absolute Gasteiger partial charge is 0.0703 e. The van der Waals surface area contributed by atoms with Gasteiger partial charge in [-0.15, -0.1) is 0 Å². The van der Waals surface area contributed by atoms with E-state index < -0.39 is 0 Å². The molecule has 0 unspecified atom stereocenters. The first-order chi connectivity index (χ1) is 10.7. The Hall–Kier alpha value is -1.57. The topological polar surface area (TPSA) is 48.3 Å². The summed E-state index contributed by atoms with van der Waals surface area (Å²) in [5.74, 6) is 0. The van der Waals surface area contributed by atoms with Gasteiger partial charge in [-0.1, -0.05) is 18.6 Å². The summed E-state index contributed by atoms with van der Waals surface area (Å²) in [4.78, 5) is 2.38. The number of benzene rings is 1. The molecule has 1 saturated heterocycles. The van der Waals surface area contributed by atoms with Gasteiger partial charge < -0.3 is 15.0 Å². The minimum absolute atomic E-state index is 0.115. The van der Waals surface area contributed by atoms with Crippen molar-refractivity contribution >= 4 is 5.69 Å². The van der Waals surface area contributed by atoms with Crippen molar-refractivity contribution in [1.29, 1.82) is 5.26 Å². The molecular formula is C18H25N3O. The number of hydrogen-bond donors (Lipinski definition) is 1. The monoisotopic (exact) mass is 299 g/mol. The first-order valence-electron chi connectivity index (χ1n) is 8.30. The van der Waals surface area contributed by atoms with Crippen LogP contribution in [0.2, 0.25) is 0 Å². The number of nitriles is 1. The largest absolute Gasteiger partial charge is 0.378 e. The molecule has 0 spiro atoms. The summed E-state index contributed by atoms with van der Waals surface area (Å²) in [5, 5.41) is 12.9. The van der Waals surface area contributed by atoms with Crippen molar-refractivity contribution in [3.8, 4) is 6.07 Å². The Morgan fingerprint density at radius 3 is 2.77 bits per heavy atom. The van der Waals surface area contributed by atoms with Crippen LogP contribution in [0.1, 0.15) is 37.8 Å². The minimum atomic E-state index is -0.115. The number of rotatable bonds is 5. The van der Waals surface area contributed by atoms with Crippen LogP contribution in [0.25, 0.3) is 0 Å². The predicted molar refractivity (Wildman–Crippen MR) is 87.8 cm³/mol. The van der Waals surface area contributed by atoms with Crippen LogP contribution >= 0.6 is 0 Å². The van der Waals surface area contributed by atoms with E-state index in [1.54, 1.807) is 0 Å². The predicted octanol–water partition coefficient (Wildman–Crippen LogP) is 2.87. The maximum atomic E-state index is 9.33. The van der Waals surface area contributed by atoms with E-state index in [4.69, 9.17) is 4.74 Å². The van der Waals surface area contributed by atoms with E-state index in [-0.39, 0.29) is 11.5 Å². The molecule has 1 aromatic carbocycles. The van der Waals surface area contributed by atoms with Crippen molar-refractivity contribution in [2.45, 2.75) is 32.2 Å². The number of hydrogen-bond acceptors (Lipinski definition) is 4. The second-order valence-corrected chi connectivity index (χ2v) is 6.54. The molecular weight excluding hydrogens is 274 g/mol. The Bertz CT molecular complexity index is 542. The van der Waals surface area contributed by atoms with Crippen molar-refractivity contribution in [2.75, 3.05) is 37.7 Å². The fraction of sp³-hybridized carbons (Fsp3) is 0.611. The number of ether oxygens (including phenoxy) is 1. The van der Waals surface area contributed by atoms with Gasteiger partial charge in [-0.3, -0.25) is 0 Å². The SMILES string of the molecule is C[C@@H](NCC1(C#N)CCC1)c1cccc(N2CCOCC2)c1. The Labute approximate surface area is 133 Å². The molecule has 1 aliphatic heterocycles. The molecule has 1 atom stereocenters. The molecule has 2 aliphatic rings. The maximum Gasteiger partial charge on any atom is 0.0703 e. The van der Waals surface area contributed by atoms with Gasteiger partial charge in [0.1, 0.15) is 0 Å². The van der Waals surface area contributed by atoms with E-state index in [9.17, 15) is 5.26 Å². The highest BCUT2D eigenvalue weighted by Crippen LogP contribution is 2.39. The molecule has 0 bridgehead atoms. The fourth-order valence-corrected chi connectivity index (χ4v) is 3.21. The summed E-state index contributed by atoms with van der Waals surface area (Å²) >= 11 is 0. The molecule has 2 fully saturated rings. The lowest BCUT2D eigenvalue weighted by atomic mass is 9.70. The van der Waals surface area contributed by atoms with Crippen molar-refractivity contribution in [2.24, 2.45) is 5.41 Å². The highest BCUT2D eigenvalue weighted by molar-refractivity contribution is 5.49. The lowest BCUT2D eigenvalue weighted by Gasteiger charge is -2.36. The summed E-state index contributed by atoms with van der Waals surface area (Å²) in [5.41, 5.74) is 2.44. The van der Waals surface area contributed by atoms with Crippen LogP contribution in [0.15, 0.2) is 24.3 Å². The van der Waals surface area contributed by atoms with Gasteiger partial charge in [0.05, 0.1) is 24.7 Å². The van der Waals surface area contributed by atoms with E-state index >= 15 is 0 Å². The van der Waals surface area contributed by atoms with Crippen molar-refractivity contribution in [1.82, 2.24) is 5.32 Å². The van der Waals surface area contributed by atoms with Crippen LogP contribution in [0, 0.1) is 16.7 Å². The lowest BCUT2D eigenvalue weighted by molar-refractivity contribution is 0.122. The Morgan fingerprint density at radius 1 is 1.36 bits per heavy atom. The third kappa shape index (κ3) is 3.26. The van der Waals surface area contributed by atoms with E-state index in [0.717, 1.165) is 45.7 Å². The average molecular weight is 299 g/mol. The lowest BCUT2D eigenvalue weighted by Crippen LogP contribution is -2.39. The second-order valence-electron chi connectivity index (χ2n) is 6.54. The molecule has 1 N–H and O–H groups in total. The van der Waals surface area contributed by atoms with Gasteiger partial charge in [0.15, 0.2) is 0 Å². The molecule has 1 saturated carbocycles. The van der Waals surface area contributed by atoms with Crippen LogP contribution < -0.4 is 10.2 Å².